The van der Waals surface area contributed by atoms with Crippen molar-refractivity contribution in [2.45, 2.75) is 24.0 Å². The number of hydrogen-bond donors (Lipinski definition) is 0. The summed E-state index contributed by atoms with van der Waals surface area (Å²) in [7, 11) is 0. The predicted molar refractivity (Wildman–Crippen MR) is 107 cm³/mol. The van der Waals surface area contributed by atoms with E-state index in [4.69, 9.17) is 9.15 Å². The minimum Gasteiger partial charge on any atom is -0.478 e. The second-order valence-corrected chi connectivity index (χ2v) is 7.68. The third-order valence-corrected chi connectivity index (χ3v) is 5.62. The Bertz CT molecular complexity index is 1050. The topological polar surface area (TPSA) is 61.0 Å². The molecule has 8 heteroatoms. The van der Waals surface area contributed by atoms with E-state index in [-0.39, 0.29) is 5.75 Å². The van der Waals surface area contributed by atoms with Gasteiger partial charge in [0.15, 0.2) is 17.7 Å². The summed E-state index contributed by atoms with van der Waals surface area (Å²) in [6.45, 7) is 1.74. The fourth-order valence-corrected chi connectivity index (χ4v) is 4.04. The Labute approximate surface area is 169 Å². The number of thiazole rings is 1. The number of rotatable bonds is 7. The number of ether oxygens (including phenoxy) is 1. The van der Waals surface area contributed by atoms with Gasteiger partial charge in [-0.3, -0.25) is 0 Å². The highest BCUT2D eigenvalue weighted by molar-refractivity contribution is 7.98. The lowest BCUT2D eigenvalue weighted by molar-refractivity contribution is 0.174. The van der Waals surface area contributed by atoms with Crippen LogP contribution in [-0.2, 0) is 5.75 Å². The van der Waals surface area contributed by atoms with Gasteiger partial charge in [-0.1, -0.05) is 54.2 Å². The molecule has 4 rings (SSSR count). The zero-order valence-corrected chi connectivity index (χ0v) is 16.5. The van der Waals surface area contributed by atoms with Crippen molar-refractivity contribution < 1.29 is 13.5 Å². The van der Waals surface area contributed by atoms with Crippen LogP contribution in [0, 0.1) is 5.82 Å². The van der Waals surface area contributed by atoms with Crippen molar-refractivity contribution in [1.29, 1.82) is 0 Å². The molecular formula is C20H16FN3O2S2. The number of para-hydroxylation sites is 1. The normalized spacial score (nSPS) is 12.1. The van der Waals surface area contributed by atoms with Crippen LogP contribution in [0.4, 0.5) is 4.39 Å². The van der Waals surface area contributed by atoms with Gasteiger partial charge in [-0.05, 0) is 19.1 Å². The molecule has 0 radical (unpaired) electrons. The molecule has 0 aliphatic rings. The van der Waals surface area contributed by atoms with Crippen LogP contribution >= 0.6 is 23.1 Å². The molecule has 28 heavy (non-hydrogen) atoms. The number of aromatic nitrogens is 3. The molecular weight excluding hydrogens is 397 g/mol. The number of hydrogen-bond acceptors (Lipinski definition) is 7. The molecule has 1 atom stereocenters. The number of thioether (sulfide) groups is 1. The second kappa shape index (κ2) is 8.53. The Kier molecular flexibility index (Phi) is 5.68. The van der Waals surface area contributed by atoms with Gasteiger partial charge in [0.25, 0.3) is 11.1 Å². The van der Waals surface area contributed by atoms with Gasteiger partial charge in [0.05, 0.1) is 5.69 Å². The Morgan fingerprint density at radius 2 is 1.89 bits per heavy atom. The minimum atomic E-state index is -0.553. The van der Waals surface area contributed by atoms with Crippen LogP contribution in [-0.4, -0.2) is 15.2 Å². The molecule has 0 aliphatic carbocycles. The highest BCUT2D eigenvalue weighted by Gasteiger charge is 2.18. The van der Waals surface area contributed by atoms with E-state index >= 15 is 0 Å². The molecule has 5 nitrogen and oxygen atoms in total. The van der Waals surface area contributed by atoms with Crippen molar-refractivity contribution in [2.24, 2.45) is 0 Å². The Balaban J connectivity index is 1.36. The monoisotopic (exact) mass is 413 g/mol. The highest BCUT2D eigenvalue weighted by Crippen LogP contribution is 2.29. The Morgan fingerprint density at radius 1 is 1.11 bits per heavy atom. The Morgan fingerprint density at radius 3 is 2.71 bits per heavy atom. The van der Waals surface area contributed by atoms with E-state index in [0.29, 0.717) is 16.9 Å². The molecule has 0 fully saturated rings. The fourth-order valence-electron chi connectivity index (χ4n) is 2.45. The molecule has 142 valence electrons. The summed E-state index contributed by atoms with van der Waals surface area (Å²) < 4.78 is 24.9. The van der Waals surface area contributed by atoms with E-state index in [1.807, 2.05) is 35.7 Å². The van der Waals surface area contributed by atoms with Crippen molar-refractivity contribution >= 4 is 23.1 Å². The first-order chi connectivity index (χ1) is 13.7. The number of halogens is 1. The highest BCUT2D eigenvalue weighted by atomic mass is 32.2. The molecule has 2 aromatic heterocycles. The molecule has 0 bridgehead atoms. The van der Waals surface area contributed by atoms with E-state index in [9.17, 15) is 4.39 Å². The molecule has 0 saturated heterocycles. The first-order valence-electron chi connectivity index (χ1n) is 8.56. The van der Waals surface area contributed by atoms with Gasteiger partial charge >= 0.3 is 0 Å². The summed E-state index contributed by atoms with van der Waals surface area (Å²) >= 11 is 3.01. The molecule has 0 N–H and O–H groups in total. The van der Waals surface area contributed by atoms with Gasteiger partial charge in [0.1, 0.15) is 5.01 Å². The van der Waals surface area contributed by atoms with Crippen LogP contribution in [0.5, 0.6) is 5.75 Å². The van der Waals surface area contributed by atoms with Crippen molar-refractivity contribution in [1.82, 2.24) is 15.2 Å². The lowest BCUT2D eigenvalue weighted by Crippen LogP contribution is -2.04. The maximum absolute atomic E-state index is 13.7. The molecule has 0 aliphatic heterocycles. The van der Waals surface area contributed by atoms with Crippen LogP contribution in [0.2, 0.25) is 0 Å². The maximum atomic E-state index is 13.7. The van der Waals surface area contributed by atoms with Crippen molar-refractivity contribution in [3.63, 3.8) is 0 Å². The minimum absolute atomic E-state index is 0.151. The van der Waals surface area contributed by atoms with Crippen LogP contribution in [0.1, 0.15) is 24.6 Å². The van der Waals surface area contributed by atoms with Gasteiger partial charge < -0.3 is 9.15 Å². The average molecular weight is 413 g/mol. The maximum Gasteiger partial charge on any atom is 0.277 e. The molecule has 4 aromatic rings. The van der Waals surface area contributed by atoms with Gasteiger partial charge in [0, 0.05) is 16.7 Å². The predicted octanol–water partition coefficient (Wildman–Crippen LogP) is 5.76. The lowest BCUT2D eigenvalue weighted by Gasteiger charge is -2.11. The summed E-state index contributed by atoms with van der Waals surface area (Å²) in [5, 5.41) is 11.5. The molecule has 2 aromatic carbocycles. The van der Waals surface area contributed by atoms with Crippen LogP contribution < -0.4 is 4.74 Å². The average Bonchev–Trinajstić information content (AvgIpc) is 3.38. The largest absolute Gasteiger partial charge is 0.478 e. The van der Waals surface area contributed by atoms with Crippen LogP contribution in [0.3, 0.4) is 0 Å². The summed E-state index contributed by atoms with van der Waals surface area (Å²) in [4.78, 5) is 4.64. The molecule has 1 unspecified atom stereocenters. The summed E-state index contributed by atoms with van der Waals surface area (Å²) in [5.41, 5.74) is 2.05. The fraction of sp³-hybridized carbons (Fsp3) is 0.150. The van der Waals surface area contributed by atoms with E-state index in [1.54, 1.807) is 36.5 Å². The molecule has 0 saturated carbocycles. The quantitative estimate of drug-likeness (QED) is 0.359. The SMILES string of the molecule is CC(Oc1ccccc1F)c1nnc(SCc2csc(-c3ccccc3)n2)o1. The van der Waals surface area contributed by atoms with E-state index in [1.165, 1.54) is 17.8 Å². The first kappa shape index (κ1) is 18.6. The van der Waals surface area contributed by atoms with E-state index in [2.05, 4.69) is 15.2 Å². The number of benzene rings is 2. The van der Waals surface area contributed by atoms with Crippen LogP contribution in [0.25, 0.3) is 10.6 Å². The summed E-state index contributed by atoms with van der Waals surface area (Å²) in [6.07, 6.45) is -0.553. The van der Waals surface area contributed by atoms with E-state index < -0.39 is 11.9 Å². The second-order valence-electron chi connectivity index (χ2n) is 5.90. The van der Waals surface area contributed by atoms with Gasteiger partial charge in [-0.25, -0.2) is 9.37 Å². The summed E-state index contributed by atoms with van der Waals surface area (Å²) in [5.74, 6) is 0.640. The third kappa shape index (κ3) is 4.40. The Hall–Kier alpha value is -2.71. The lowest BCUT2D eigenvalue weighted by atomic mass is 10.2. The van der Waals surface area contributed by atoms with Crippen molar-refractivity contribution in [3.05, 3.63) is 77.4 Å². The van der Waals surface area contributed by atoms with Gasteiger partial charge in [-0.15, -0.1) is 21.5 Å². The van der Waals surface area contributed by atoms with Gasteiger partial charge in [-0.2, -0.15) is 0 Å². The molecule has 0 spiro atoms. The molecule has 0 amide bonds. The van der Waals surface area contributed by atoms with Gasteiger partial charge in [0.2, 0.25) is 0 Å². The van der Waals surface area contributed by atoms with Crippen molar-refractivity contribution in [2.75, 3.05) is 0 Å². The van der Waals surface area contributed by atoms with E-state index in [0.717, 1.165) is 16.3 Å². The zero-order valence-electron chi connectivity index (χ0n) is 14.9. The third-order valence-electron chi connectivity index (χ3n) is 3.83. The molecule has 2 heterocycles. The van der Waals surface area contributed by atoms with Crippen LogP contribution in [0.15, 0.2) is 69.6 Å². The summed E-state index contributed by atoms with van der Waals surface area (Å²) in [6, 6.07) is 16.3. The first-order valence-corrected chi connectivity index (χ1v) is 10.4. The van der Waals surface area contributed by atoms with Crippen molar-refractivity contribution in [3.8, 4) is 16.3 Å². The smallest absolute Gasteiger partial charge is 0.277 e. The number of nitrogens with zero attached hydrogens (tertiary/aromatic N) is 3. The standard InChI is InChI=1S/C20H16FN3O2S2/c1-13(25-17-10-6-5-9-16(17)21)18-23-24-20(26-18)28-12-15-11-27-19(22-15)14-7-3-2-4-8-14/h2-11,13H,12H2,1H3. The zero-order chi connectivity index (χ0) is 19.3.